The molecular formula is C9H16O3. The van der Waals surface area contributed by atoms with Crippen molar-refractivity contribution in [3.63, 3.8) is 0 Å². The molecule has 0 heterocycles. The van der Waals surface area contributed by atoms with Crippen LogP contribution < -0.4 is 0 Å². The van der Waals surface area contributed by atoms with E-state index in [9.17, 15) is 9.59 Å². The van der Waals surface area contributed by atoms with Crippen LogP contribution >= 0.6 is 0 Å². The van der Waals surface area contributed by atoms with Gasteiger partial charge in [0, 0.05) is 13.0 Å². The second kappa shape index (κ2) is 5.89. The average molecular weight is 172 g/mol. The highest BCUT2D eigenvalue weighted by Crippen LogP contribution is 2.19. The van der Waals surface area contributed by atoms with Gasteiger partial charge < -0.3 is 14.3 Å². The molecule has 0 bridgehead atoms. The molecule has 0 aromatic carbocycles. The van der Waals surface area contributed by atoms with Crippen molar-refractivity contribution in [2.45, 2.75) is 38.7 Å². The van der Waals surface area contributed by atoms with Crippen LogP contribution in [-0.2, 0) is 14.3 Å². The third-order valence-electron chi connectivity index (χ3n) is 1.93. The van der Waals surface area contributed by atoms with Crippen LogP contribution in [0.4, 0.5) is 0 Å². The zero-order chi connectivity index (χ0) is 9.45. The van der Waals surface area contributed by atoms with Crippen molar-refractivity contribution in [3.05, 3.63) is 0 Å². The Hall–Kier alpha value is -0.700. The maximum atomic E-state index is 10.7. The lowest BCUT2D eigenvalue weighted by Gasteiger charge is -2.25. The van der Waals surface area contributed by atoms with Gasteiger partial charge in [-0.05, 0) is 19.8 Å². The summed E-state index contributed by atoms with van der Waals surface area (Å²) in [5.74, 6) is 0. The second-order valence-corrected chi connectivity index (χ2v) is 2.67. The third-order valence-corrected chi connectivity index (χ3v) is 1.93. The molecule has 1 unspecified atom stereocenters. The number of rotatable bonds is 7. The van der Waals surface area contributed by atoms with Crippen LogP contribution in [0.5, 0.6) is 0 Å². The summed E-state index contributed by atoms with van der Waals surface area (Å²) in [4.78, 5) is 20.8. The predicted molar refractivity (Wildman–Crippen MR) is 46.0 cm³/mol. The molecule has 0 saturated carbocycles. The van der Waals surface area contributed by atoms with Crippen LogP contribution in [0.15, 0.2) is 0 Å². The van der Waals surface area contributed by atoms with Crippen molar-refractivity contribution in [3.8, 4) is 0 Å². The first-order valence-corrected chi connectivity index (χ1v) is 4.28. The minimum Gasteiger partial charge on any atom is -0.368 e. The molecule has 3 heteroatoms. The molecule has 0 aliphatic carbocycles. The Bertz CT molecular complexity index is 145. The predicted octanol–water partition coefficient (Wildman–Crippen LogP) is 1.35. The van der Waals surface area contributed by atoms with Gasteiger partial charge in [0.25, 0.3) is 0 Å². The van der Waals surface area contributed by atoms with Gasteiger partial charge in [-0.25, -0.2) is 0 Å². The van der Waals surface area contributed by atoms with E-state index in [1.807, 2.05) is 13.8 Å². The summed E-state index contributed by atoms with van der Waals surface area (Å²) in [5.41, 5.74) is -0.727. The first kappa shape index (κ1) is 11.3. The first-order chi connectivity index (χ1) is 5.74. The van der Waals surface area contributed by atoms with Crippen LogP contribution in [-0.4, -0.2) is 24.8 Å². The Morgan fingerprint density at radius 3 is 2.33 bits per heavy atom. The highest BCUT2D eigenvalue weighted by Gasteiger charge is 2.27. The van der Waals surface area contributed by atoms with E-state index in [0.717, 1.165) is 12.6 Å². The van der Waals surface area contributed by atoms with Gasteiger partial charge in [0.2, 0.25) is 0 Å². The molecule has 0 rings (SSSR count). The molecule has 0 N–H and O–H groups in total. The maximum Gasteiger partial charge on any atom is 0.151 e. The molecule has 0 spiro atoms. The van der Waals surface area contributed by atoms with Crippen molar-refractivity contribution in [2.75, 3.05) is 6.61 Å². The summed E-state index contributed by atoms with van der Waals surface area (Å²) in [6.45, 7) is 4.23. The monoisotopic (exact) mass is 172 g/mol. The molecule has 0 aliphatic heterocycles. The van der Waals surface area contributed by atoms with Crippen LogP contribution in [0.1, 0.15) is 33.1 Å². The number of carbonyl (C=O) groups excluding carboxylic acids is 2. The van der Waals surface area contributed by atoms with E-state index in [1.54, 1.807) is 0 Å². The Kier molecular flexibility index (Phi) is 5.54. The molecule has 0 radical (unpaired) electrons. The van der Waals surface area contributed by atoms with Gasteiger partial charge in [-0.15, -0.1) is 0 Å². The maximum absolute atomic E-state index is 10.7. The topological polar surface area (TPSA) is 43.4 Å². The Morgan fingerprint density at radius 2 is 2.00 bits per heavy atom. The minimum atomic E-state index is -0.727. The van der Waals surface area contributed by atoms with Crippen LogP contribution in [0.25, 0.3) is 0 Å². The highest BCUT2D eigenvalue weighted by molar-refractivity contribution is 5.63. The molecule has 1 atom stereocenters. The van der Waals surface area contributed by atoms with Gasteiger partial charge in [0.1, 0.15) is 11.9 Å². The van der Waals surface area contributed by atoms with Gasteiger partial charge in [0.05, 0.1) is 0 Å². The molecule has 0 amide bonds. The Morgan fingerprint density at radius 1 is 1.33 bits per heavy atom. The fourth-order valence-corrected chi connectivity index (χ4v) is 1.12. The van der Waals surface area contributed by atoms with Crippen LogP contribution in [0, 0.1) is 0 Å². The summed E-state index contributed by atoms with van der Waals surface area (Å²) >= 11 is 0. The molecule has 70 valence electrons. The van der Waals surface area contributed by atoms with Gasteiger partial charge in [-0.2, -0.15) is 0 Å². The molecule has 3 nitrogen and oxygen atoms in total. The average Bonchev–Trinajstić information content (AvgIpc) is 2.13. The summed E-state index contributed by atoms with van der Waals surface area (Å²) in [6, 6.07) is 0. The summed E-state index contributed by atoms with van der Waals surface area (Å²) in [5, 5.41) is 0. The smallest absolute Gasteiger partial charge is 0.151 e. The van der Waals surface area contributed by atoms with Crippen LogP contribution in [0.2, 0.25) is 0 Å². The summed E-state index contributed by atoms with van der Waals surface area (Å²) in [6.07, 6.45) is 3.11. The van der Waals surface area contributed by atoms with E-state index >= 15 is 0 Å². The molecular weight excluding hydrogens is 156 g/mol. The second-order valence-electron chi connectivity index (χ2n) is 2.67. The number of hydrogen-bond donors (Lipinski definition) is 0. The zero-order valence-electron chi connectivity index (χ0n) is 7.71. The van der Waals surface area contributed by atoms with E-state index in [4.69, 9.17) is 4.74 Å². The zero-order valence-corrected chi connectivity index (χ0v) is 7.71. The Labute approximate surface area is 73.1 Å². The van der Waals surface area contributed by atoms with E-state index in [-0.39, 0.29) is 0 Å². The van der Waals surface area contributed by atoms with Crippen molar-refractivity contribution < 1.29 is 14.3 Å². The Balaban J connectivity index is 4.12. The number of aldehydes is 2. The quantitative estimate of drug-likeness (QED) is 0.544. The van der Waals surface area contributed by atoms with E-state index in [0.29, 0.717) is 25.9 Å². The fourth-order valence-electron chi connectivity index (χ4n) is 1.12. The van der Waals surface area contributed by atoms with Gasteiger partial charge >= 0.3 is 0 Å². The number of carbonyl (C=O) groups is 2. The number of hydrogen-bond acceptors (Lipinski definition) is 3. The lowest BCUT2D eigenvalue weighted by molar-refractivity contribution is -0.133. The summed E-state index contributed by atoms with van der Waals surface area (Å²) in [7, 11) is 0. The van der Waals surface area contributed by atoms with Crippen molar-refractivity contribution >= 4 is 12.6 Å². The molecule has 0 fully saturated rings. The first-order valence-electron chi connectivity index (χ1n) is 4.28. The molecule has 0 aromatic heterocycles. The molecule has 0 saturated heterocycles. The van der Waals surface area contributed by atoms with Gasteiger partial charge in [-0.1, -0.05) is 6.92 Å². The lowest BCUT2D eigenvalue weighted by Crippen LogP contribution is -2.33. The minimum absolute atomic E-state index is 0.382. The molecule has 12 heavy (non-hydrogen) atoms. The standard InChI is InChI=1S/C9H16O3/c1-3-9(8-11,12-4-2)6-5-7-10/h7-8H,3-6H2,1-2H3. The van der Waals surface area contributed by atoms with Crippen molar-refractivity contribution in [2.24, 2.45) is 0 Å². The largest absolute Gasteiger partial charge is 0.368 e. The van der Waals surface area contributed by atoms with E-state index in [2.05, 4.69) is 0 Å². The van der Waals surface area contributed by atoms with E-state index < -0.39 is 5.60 Å². The van der Waals surface area contributed by atoms with Gasteiger partial charge in [0.15, 0.2) is 6.29 Å². The normalized spacial score (nSPS) is 15.2. The van der Waals surface area contributed by atoms with Crippen LogP contribution in [0.3, 0.4) is 0 Å². The fraction of sp³-hybridized carbons (Fsp3) is 0.778. The lowest BCUT2D eigenvalue weighted by atomic mass is 9.96. The van der Waals surface area contributed by atoms with Gasteiger partial charge in [-0.3, -0.25) is 0 Å². The molecule has 0 aliphatic rings. The molecule has 0 aromatic rings. The highest BCUT2D eigenvalue weighted by atomic mass is 16.5. The number of ether oxygens (including phenoxy) is 1. The van der Waals surface area contributed by atoms with E-state index in [1.165, 1.54) is 0 Å². The van der Waals surface area contributed by atoms with Crippen molar-refractivity contribution in [1.29, 1.82) is 0 Å². The summed E-state index contributed by atoms with van der Waals surface area (Å²) < 4.78 is 5.30. The SMILES string of the molecule is CCOC(C=O)(CC)CCC=O. The van der Waals surface area contributed by atoms with Crippen molar-refractivity contribution in [1.82, 2.24) is 0 Å². The third kappa shape index (κ3) is 3.13.